The Morgan fingerprint density at radius 3 is 2.37 bits per heavy atom. The summed E-state index contributed by atoms with van der Waals surface area (Å²) in [6, 6.07) is -0.919. The van der Waals surface area contributed by atoms with E-state index in [2.05, 4.69) is 24.9 Å². The SMILES string of the molecule is C[C@H](Nc1nc(Cl)nc2c1cnn2[C@@H]1O[C@H](COP(=O)(O)CP(=O)(O)O)C(O)[C@@H]1O)c1ccc(S(F)(F)(F)(F)F)cc1F. The highest BCUT2D eigenvalue weighted by Gasteiger charge is 2.65. The van der Waals surface area contributed by atoms with Crippen molar-refractivity contribution in [2.45, 2.75) is 42.4 Å². The van der Waals surface area contributed by atoms with Gasteiger partial charge in [-0.15, -0.1) is 0 Å². The Morgan fingerprint density at radius 2 is 1.79 bits per heavy atom. The summed E-state index contributed by atoms with van der Waals surface area (Å²) in [5, 5.41) is 27.2. The van der Waals surface area contributed by atoms with Crippen LogP contribution in [0.2, 0.25) is 5.28 Å². The topological polar surface area (TPSA) is 209 Å². The van der Waals surface area contributed by atoms with Crippen LogP contribution in [-0.2, 0) is 18.4 Å². The zero-order chi connectivity index (χ0) is 32.4. The van der Waals surface area contributed by atoms with Crippen LogP contribution in [0.15, 0.2) is 29.3 Å². The molecule has 0 amide bonds. The van der Waals surface area contributed by atoms with E-state index in [1.807, 2.05) is 0 Å². The van der Waals surface area contributed by atoms with Gasteiger partial charge in [0.05, 0.1) is 24.2 Å². The highest BCUT2D eigenvalue weighted by atomic mass is 35.5. The van der Waals surface area contributed by atoms with Gasteiger partial charge in [0.2, 0.25) is 5.28 Å². The molecule has 6 atom stereocenters. The van der Waals surface area contributed by atoms with E-state index in [-0.39, 0.29) is 29.0 Å². The monoisotopic (exact) mass is 707 g/mol. The van der Waals surface area contributed by atoms with Gasteiger partial charge in [0.25, 0.3) is 0 Å². The molecule has 3 aromatic rings. The van der Waals surface area contributed by atoms with Gasteiger partial charge in [-0.05, 0) is 30.7 Å². The quantitative estimate of drug-likeness (QED) is 0.0982. The van der Waals surface area contributed by atoms with Gasteiger partial charge in [-0.1, -0.05) is 25.5 Å². The van der Waals surface area contributed by atoms with Crippen LogP contribution < -0.4 is 5.32 Å². The van der Waals surface area contributed by atoms with E-state index in [0.717, 1.165) is 10.9 Å². The first-order chi connectivity index (χ1) is 19.3. The Labute approximate surface area is 242 Å². The van der Waals surface area contributed by atoms with Gasteiger partial charge in [0.1, 0.15) is 34.8 Å². The first-order valence-corrected chi connectivity index (χ1v) is 17.5. The van der Waals surface area contributed by atoms with Crippen molar-refractivity contribution in [1.29, 1.82) is 0 Å². The maximum atomic E-state index is 14.5. The van der Waals surface area contributed by atoms with E-state index in [1.54, 1.807) is 0 Å². The molecule has 1 aromatic carbocycles. The van der Waals surface area contributed by atoms with Crippen LogP contribution in [0.25, 0.3) is 11.0 Å². The minimum Gasteiger partial charge on any atom is -0.387 e. The Hall–Kier alpha value is -2.03. The second-order valence-corrected chi connectivity index (χ2v) is 16.2. The zero-order valence-corrected chi connectivity index (χ0v) is 24.6. The summed E-state index contributed by atoms with van der Waals surface area (Å²) < 4.78 is 114. The van der Waals surface area contributed by atoms with Crippen molar-refractivity contribution in [2.75, 3.05) is 17.8 Å². The molecule has 0 radical (unpaired) electrons. The second-order valence-electron chi connectivity index (χ2n) is 9.47. The van der Waals surface area contributed by atoms with E-state index in [4.69, 9.17) is 26.1 Å². The predicted molar refractivity (Wildman–Crippen MR) is 139 cm³/mol. The van der Waals surface area contributed by atoms with Crippen molar-refractivity contribution >= 4 is 53.9 Å². The fourth-order valence-corrected chi connectivity index (χ4v) is 7.49. The van der Waals surface area contributed by atoms with Crippen molar-refractivity contribution < 1.29 is 67.1 Å². The molecule has 0 saturated carbocycles. The maximum absolute atomic E-state index is 14.5. The lowest BCUT2D eigenvalue weighted by Crippen LogP contribution is -2.33. The zero-order valence-electron chi connectivity index (χ0n) is 21.2. The average molecular weight is 708 g/mol. The molecule has 43 heavy (non-hydrogen) atoms. The van der Waals surface area contributed by atoms with Gasteiger partial charge >= 0.3 is 25.4 Å². The summed E-state index contributed by atoms with van der Waals surface area (Å²) in [5.41, 5.74) is -0.597. The molecule has 1 aliphatic rings. The van der Waals surface area contributed by atoms with Crippen molar-refractivity contribution in [3.63, 3.8) is 0 Å². The number of benzene rings is 1. The Kier molecular flexibility index (Phi) is 8.28. The van der Waals surface area contributed by atoms with Crippen LogP contribution in [-0.4, -0.2) is 75.5 Å². The molecule has 1 saturated heterocycles. The number of ether oxygens (including phenoxy) is 1. The number of nitrogens with zero attached hydrogens (tertiary/aromatic N) is 4. The molecule has 2 aromatic heterocycles. The molecule has 2 unspecified atom stereocenters. The van der Waals surface area contributed by atoms with Crippen LogP contribution in [0.3, 0.4) is 0 Å². The van der Waals surface area contributed by atoms with Crippen LogP contribution >= 0.6 is 37.0 Å². The molecule has 0 aliphatic carbocycles. The van der Waals surface area contributed by atoms with Crippen molar-refractivity contribution in [3.05, 3.63) is 41.1 Å². The van der Waals surface area contributed by atoms with Crippen LogP contribution in [0.4, 0.5) is 29.6 Å². The van der Waals surface area contributed by atoms with Crippen molar-refractivity contribution in [2.24, 2.45) is 0 Å². The van der Waals surface area contributed by atoms with E-state index >= 15 is 0 Å². The molecule has 1 aliphatic heterocycles. The number of rotatable bonds is 10. The number of hydrogen-bond donors (Lipinski definition) is 6. The average Bonchev–Trinajstić information content (AvgIpc) is 3.35. The smallest absolute Gasteiger partial charge is 0.340 e. The Morgan fingerprint density at radius 1 is 1.14 bits per heavy atom. The fourth-order valence-electron chi connectivity index (χ4n) is 4.11. The van der Waals surface area contributed by atoms with E-state index < -0.39 is 90.1 Å². The number of fused-ring (bicyclic) bond motifs is 1. The number of halogens is 7. The summed E-state index contributed by atoms with van der Waals surface area (Å²) in [7, 11) is -19.9. The number of aliphatic hydroxyl groups is 2. The fraction of sp³-hybridized carbons (Fsp3) is 0.421. The van der Waals surface area contributed by atoms with Gasteiger partial charge in [0, 0.05) is 5.56 Å². The first-order valence-electron chi connectivity index (χ1n) is 11.6. The standard InChI is InChI=1S/C19H22ClF6N5O9P2S/c1-8(10-3-2-9(4-12(10)21)43(22,23,24,25)26)28-16-11-5-27-31(17(11)30-19(20)29-16)18-15(33)14(32)13(40-18)6-39-42(37,38)7-41(34,35)36/h2-5,8,13-15,18,32-33H,6-7H2,1H3,(H,37,38)(H,28,29,30)(H2,34,35,36)/t8-,13+,14?,15-,18+/m0/s1. The number of hydrogen-bond acceptors (Lipinski definition) is 10. The third-order valence-electron chi connectivity index (χ3n) is 6.05. The minimum absolute atomic E-state index is 0.0341. The van der Waals surface area contributed by atoms with Crippen LogP contribution in [0.1, 0.15) is 24.8 Å². The molecule has 6 N–H and O–H groups in total. The molecular weight excluding hydrogens is 686 g/mol. The van der Waals surface area contributed by atoms with Gasteiger partial charge in [-0.25, -0.2) is 9.07 Å². The van der Waals surface area contributed by atoms with Gasteiger partial charge in [0.15, 0.2) is 17.8 Å². The lowest BCUT2D eigenvalue weighted by atomic mass is 10.1. The third-order valence-corrected chi connectivity index (χ3v) is 10.8. The highest BCUT2D eigenvalue weighted by molar-refractivity contribution is 8.45. The van der Waals surface area contributed by atoms with Gasteiger partial charge < -0.3 is 39.5 Å². The van der Waals surface area contributed by atoms with Crippen LogP contribution in [0, 0.1) is 5.82 Å². The summed E-state index contributed by atoms with van der Waals surface area (Å²) >= 11 is 5.99. The molecular formula is C19H22ClF6N5O9P2S. The number of anilines is 1. The summed E-state index contributed by atoms with van der Waals surface area (Å²) in [6.07, 6.45) is -5.44. The molecule has 0 bridgehead atoms. The largest absolute Gasteiger partial charge is 0.387 e. The Balaban J connectivity index is 1.57. The number of aromatic nitrogens is 4. The van der Waals surface area contributed by atoms with E-state index in [0.29, 0.717) is 6.07 Å². The minimum atomic E-state index is -10.1. The molecule has 4 rings (SSSR count). The van der Waals surface area contributed by atoms with Crippen molar-refractivity contribution in [1.82, 2.24) is 19.7 Å². The molecule has 1 fully saturated rings. The lowest BCUT2D eigenvalue weighted by molar-refractivity contribution is -0.0541. The molecule has 242 valence electrons. The third kappa shape index (κ3) is 7.80. The second kappa shape index (κ2) is 10.5. The highest BCUT2D eigenvalue weighted by Crippen LogP contribution is 3.02. The van der Waals surface area contributed by atoms with E-state index in [1.165, 1.54) is 6.92 Å². The number of nitrogens with one attached hydrogen (secondary N) is 1. The summed E-state index contributed by atoms with van der Waals surface area (Å²) in [4.78, 5) is 32.9. The van der Waals surface area contributed by atoms with Gasteiger partial charge in [-0.3, -0.25) is 9.13 Å². The predicted octanol–water partition coefficient (Wildman–Crippen LogP) is 4.41. The first kappa shape index (κ1) is 33.9. The van der Waals surface area contributed by atoms with E-state index in [9.17, 15) is 48.1 Å². The molecule has 14 nitrogen and oxygen atoms in total. The summed E-state index contributed by atoms with van der Waals surface area (Å²) in [5.74, 6) is -3.25. The summed E-state index contributed by atoms with van der Waals surface area (Å²) in [6.45, 7) is 0.398. The Bertz CT molecular complexity index is 1670. The number of aliphatic hydroxyl groups excluding tert-OH is 2. The van der Waals surface area contributed by atoms with Crippen molar-refractivity contribution in [3.8, 4) is 0 Å². The lowest BCUT2D eigenvalue weighted by Gasteiger charge is -2.40. The molecule has 0 spiro atoms. The molecule has 24 heteroatoms. The van der Waals surface area contributed by atoms with Gasteiger partial charge in [-0.2, -0.15) is 15.1 Å². The maximum Gasteiger partial charge on any atom is 0.340 e. The van der Waals surface area contributed by atoms with Crippen LogP contribution in [0.5, 0.6) is 0 Å². The normalized spacial score (nSPS) is 25.2. The molecule has 3 heterocycles.